The highest BCUT2D eigenvalue weighted by atomic mass is 32.1. The molecular weight excluding hydrogens is 288 g/mol. The van der Waals surface area contributed by atoms with Gasteiger partial charge in [-0.3, -0.25) is 4.79 Å². The fourth-order valence-electron chi connectivity index (χ4n) is 2.86. The number of carboxylic acid groups (broad SMARTS) is 1. The van der Waals surface area contributed by atoms with E-state index in [9.17, 15) is 14.7 Å². The number of carboxylic acids is 1. The van der Waals surface area contributed by atoms with Gasteiger partial charge in [0.15, 0.2) is 0 Å². The van der Waals surface area contributed by atoms with E-state index in [4.69, 9.17) is 0 Å². The predicted octanol–water partition coefficient (Wildman–Crippen LogP) is 3.00. The number of aliphatic carboxylic acids is 1. The van der Waals surface area contributed by atoms with Crippen LogP contribution in [0.25, 0.3) is 0 Å². The highest BCUT2D eigenvalue weighted by Gasteiger charge is 2.30. The molecular formula is C15H22N2O3S. The maximum Gasteiger partial charge on any atom is 0.315 e. The van der Waals surface area contributed by atoms with Crippen LogP contribution in [0.15, 0.2) is 17.5 Å². The maximum absolute atomic E-state index is 11.9. The Balaban J connectivity index is 1.79. The zero-order valence-corrected chi connectivity index (χ0v) is 13.0. The number of amides is 2. The van der Waals surface area contributed by atoms with Crippen LogP contribution in [0.4, 0.5) is 4.79 Å². The lowest BCUT2D eigenvalue weighted by Crippen LogP contribution is -2.42. The second kappa shape index (κ2) is 7.45. The van der Waals surface area contributed by atoms with Crippen LogP contribution in [-0.2, 0) is 4.79 Å². The van der Waals surface area contributed by atoms with Crippen molar-refractivity contribution in [2.45, 2.75) is 38.6 Å². The second-order valence-electron chi connectivity index (χ2n) is 5.58. The van der Waals surface area contributed by atoms with Gasteiger partial charge in [-0.2, -0.15) is 0 Å². The molecule has 2 amide bonds. The Kier molecular flexibility index (Phi) is 5.61. The van der Waals surface area contributed by atoms with Gasteiger partial charge in [-0.05, 0) is 37.1 Å². The minimum Gasteiger partial charge on any atom is -0.481 e. The monoisotopic (exact) mass is 310 g/mol. The van der Waals surface area contributed by atoms with Gasteiger partial charge in [-0.25, -0.2) is 4.79 Å². The molecule has 6 heteroatoms. The van der Waals surface area contributed by atoms with Gasteiger partial charge >= 0.3 is 12.0 Å². The van der Waals surface area contributed by atoms with Crippen molar-refractivity contribution in [3.8, 4) is 0 Å². The minimum absolute atomic E-state index is 0.0355. The first kappa shape index (κ1) is 15.8. The summed E-state index contributed by atoms with van der Waals surface area (Å²) in [6, 6.07) is 3.67. The summed E-state index contributed by atoms with van der Waals surface area (Å²) in [7, 11) is 0. The van der Waals surface area contributed by atoms with Crippen LogP contribution in [0.5, 0.6) is 0 Å². The van der Waals surface area contributed by atoms with Crippen molar-refractivity contribution in [2.75, 3.05) is 6.54 Å². The summed E-state index contributed by atoms with van der Waals surface area (Å²) in [5, 5.41) is 16.9. The van der Waals surface area contributed by atoms with Crippen LogP contribution in [0.1, 0.15) is 43.5 Å². The highest BCUT2D eigenvalue weighted by molar-refractivity contribution is 7.10. The molecule has 116 valence electrons. The summed E-state index contributed by atoms with van der Waals surface area (Å²) in [4.78, 5) is 24.2. The molecule has 21 heavy (non-hydrogen) atoms. The quantitative estimate of drug-likeness (QED) is 0.782. The smallest absolute Gasteiger partial charge is 0.315 e. The van der Waals surface area contributed by atoms with Crippen LogP contribution in [0, 0.1) is 11.8 Å². The molecule has 0 spiro atoms. The summed E-state index contributed by atoms with van der Waals surface area (Å²) >= 11 is 1.60. The number of carbonyl (C=O) groups is 2. The number of hydrogen-bond acceptors (Lipinski definition) is 3. The van der Waals surface area contributed by atoms with E-state index in [-0.39, 0.29) is 23.9 Å². The molecule has 0 saturated heterocycles. The van der Waals surface area contributed by atoms with Crippen molar-refractivity contribution in [3.05, 3.63) is 22.4 Å². The van der Waals surface area contributed by atoms with Gasteiger partial charge in [0.2, 0.25) is 0 Å². The molecule has 3 N–H and O–H groups in total. The summed E-state index contributed by atoms with van der Waals surface area (Å²) in [5.41, 5.74) is 0. The van der Waals surface area contributed by atoms with Crippen molar-refractivity contribution in [1.82, 2.24) is 10.6 Å². The zero-order chi connectivity index (χ0) is 15.2. The molecule has 1 aliphatic rings. The van der Waals surface area contributed by atoms with Crippen LogP contribution in [0.2, 0.25) is 0 Å². The molecule has 5 nitrogen and oxygen atoms in total. The van der Waals surface area contributed by atoms with E-state index in [0.717, 1.165) is 30.6 Å². The van der Waals surface area contributed by atoms with Crippen molar-refractivity contribution >= 4 is 23.3 Å². The molecule has 1 fully saturated rings. The van der Waals surface area contributed by atoms with Crippen LogP contribution in [0.3, 0.4) is 0 Å². The number of nitrogens with one attached hydrogen (secondary N) is 2. The third-order valence-corrected chi connectivity index (χ3v) is 5.12. The molecule has 3 atom stereocenters. The number of carbonyl (C=O) groups excluding carboxylic acids is 1. The molecule has 1 saturated carbocycles. The molecule has 3 unspecified atom stereocenters. The first-order chi connectivity index (χ1) is 10.1. The molecule has 1 aromatic rings. The Hall–Kier alpha value is -1.56. The third kappa shape index (κ3) is 4.46. The molecule has 2 rings (SSSR count). The number of thiophene rings is 1. The standard InChI is InChI=1S/C15H22N2O3S/c1-10(13-7-4-8-21-13)17-15(20)16-9-11-5-2-3-6-12(11)14(18)19/h4,7-8,10-12H,2-3,5-6,9H2,1H3,(H,18,19)(H2,16,17,20). The lowest BCUT2D eigenvalue weighted by atomic mass is 9.79. The first-order valence-electron chi connectivity index (χ1n) is 7.38. The predicted molar refractivity (Wildman–Crippen MR) is 82.4 cm³/mol. The average Bonchev–Trinajstić information content (AvgIpc) is 2.99. The van der Waals surface area contributed by atoms with E-state index in [0.29, 0.717) is 6.54 Å². The average molecular weight is 310 g/mol. The lowest BCUT2D eigenvalue weighted by Gasteiger charge is -2.28. The van der Waals surface area contributed by atoms with Crippen molar-refractivity contribution < 1.29 is 14.7 Å². The second-order valence-corrected chi connectivity index (χ2v) is 6.56. The summed E-state index contributed by atoms with van der Waals surface area (Å²) in [6.45, 7) is 2.37. The number of urea groups is 1. The molecule has 1 heterocycles. The Labute approximate surface area is 128 Å². The van der Waals surface area contributed by atoms with Crippen LogP contribution < -0.4 is 10.6 Å². The molecule has 0 aliphatic heterocycles. The Morgan fingerprint density at radius 1 is 1.43 bits per heavy atom. The topological polar surface area (TPSA) is 78.4 Å². The summed E-state index contributed by atoms with van der Waals surface area (Å²) in [5.74, 6) is -1.03. The van der Waals surface area contributed by atoms with Crippen LogP contribution in [-0.4, -0.2) is 23.7 Å². The summed E-state index contributed by atoms with van der Waals surface area (Å²) in [6.07, 6.45) is 3.60. The van der Waals surface area contributed by atoms with Gasteiger partial charge in [-0.15, -0.1) is 11.3 Å². The van der Waals surface area contributed by atoms with E-state index < -0.39 is 5.97 Å². The Morgan fingerprint density at radius 3 is 2.86 bits per heavy atom. The van der Waals surface area contributed by atoms with E-state index in [1.165, 1.54) is 0 Å². The molecule has 0 bridgehead atoms. The van der Waals surface area contributed by atoms with Gasteiger partial charge in [-0.1, -0.05) is 18.9 Å². The van der Waals surface area contributed by atoms with Crippen LogP contribution >= 0.6 is 11.3 Å². The van der Waals surface area contributed by atoms with Crippen molar-refractivity contribution in [3.63, 3.8) is 0 Å². The van der Waals surface area contributed by atoms with Gasteiger partial charge in [0.25, 0.3) is 0 Å². The number of hydrogen-bond donors (Lipinski definition) is 3. The Bertz CT molecular complexity index is 475. The van der Waals surface area contributed by atoms with E-state index >= 15 is 0 Å². The van der Waals surface area contributed by atoms with E-state index in [1.807, 2.05) is 24.4 Å². The third-order valence-electron chi connectivity index (χ3n) is 4.07. The largest absolute Gasteiger partial charge is 0.481 e. The summed E-state index contributed by atoms with van der Waals surface area (Å²) < 4.78 is 0. The Morgan fingerprint density at radius 2 is 2.19 bits per heavy atom. The molecule has 1 aromatic heterocycles. The first-order valence-corrected chi connectivity index (χ1v) is 8.26. The van der Waals surface area contributed by atoms with Gasteiger partial charge in [0.1, 0.15) is 0 Å². The van der Waals surface area contributed by atoms with Gasteiger partial charge in [0.05, 0.1) is 12.0 Å². The van der Waals surface area contributed by atoms with Gasteiger partial charge < -0.3 is 15.7 Å². The van der Waals surface area contributed by atoms with Crippen molar-refractivity contribution in [1.29, 1.82) is 0 Å². The minimum atomic E-state index is -0.742. The van der Waals surface area contributed by atoms with Gasteiger partial charge in [0, 0.05) is 11.4 Å². The fourth-order valence-corrected chi connectivity index (χ4v) is 3.59. The maximum atomic E-state index is 11.9. The molecule has 0 radical (unpaired) electrons. The van der Waals surface area contributed by atoms with Crippen molar-refractivity contribution in [2.24, 2.45) is 11.8 Å². The zero-order valence-electron chi connectivity index (χ0n) is 12.2. The fraction of sp³-hybridized carbons (Fsp3) is 0.600. The molecule has 1 aliphatic carbocycles. The highest BCUT2D eigenvalue weighted by Crippen LogP contribution is 2.29. The molecule has 0 aromatic carbocycles. The SMILES string of the molecule is CC(NC(=O)NCC1CCCCC1C(=O)O)c1cccs1. The lowest BCUT2D eigenvalue weighted by molar-refractivity contribution is -0.144. The van der Waals surface area contributed by atoms with E-state index in [2.05, 4.69) is 10.6 Å². The normalized spacial score (nSPS) is 23.3. The number of rotatable bonds is 5. The van der Waals surface area contributed by atoms with E-state index in [1.54, 1.807) is 11.3 Å².